The summed E-state index contributed by atoms with van der Waals surface area (Å²) in [5.74, 6) is -1.83. The topological polar surface area (TPSA) is 68.5 Å². The smallest absolute Gasteiger partial charge is 0.372 e. The maximum Gasteiger partial charge on any atom is 0.471 e. The number of nitrogens with zero attached hydrogens (tertiary/aromatic N) is 3. The monoisotopic (exact) mass is 329 g/mol. The Morgan fingerprint density at radius 1 is 1.30 bits per heavy atom. The van der Waals surface area contributed by atoms with Crippen molar-refractivity contribution >= 4 is 11.6 Å². The molecule has 0 saturated heterocycles. The first-order chi connectivity index (χ1) is 10.7. The number of methoxy groups -OCH3 is 1. The molecule has 0 aliphatic carbocycles. The largest absolute Gasteiger partial charge is 0.471 e. The Hall–Kier alpha value is -2.42. The van der Waals surface area contributed by atoms with E-state index in [0.29, 0.717) is 11.3 Å². The summed E-state index contributed by atoms with van der Waals surface area (Å²) in [5, 5.41) is 3.30. The number of aromatic nitrogens is 2. The van der Waals surface area contributed by atoms with Gasteiger partial charge in [-0.15, -0.1) is 0 Å². The minimum Gasteiger partial charge on any atom is -0.372 e. The highest BCUT2D eigenvalue weighted by Crippen LogP contribution is 2.29. The number of anilines is 1. The zero-order valence-corrected chi connectivity index (χ0v) is 12.6. The molecule has 0 aliphatic rings. The van der Waals surface area contributed by atoms with Crippen molar-refractivity contribution in [3.05, 3.63) is 30.2 Å². The van der Waals surface area contributed by atoms with Gasteiger partial charge in [0, 0.05) is 25.4 Å². The van der Waals surface area contributed by atoms with E-state index in [2.05, 4.69) is 14.7 Å². The third-order valence-electron chi connectivity index (χ3n) is 3.21. The number of ether oxygens (including phenoxy) is 1. The molecule has 1 aromatic carbocycles. The molecular weight excluding hydrogens is 315 g/mol. The predicted octanol–water partition coefficient (Wildman–Crippen LogP) is 2.75. The van der Waals surface area contributed by atoms with Crippen LogP contribution >= 0.6 is 0 Å². The van der Waals surface area contributed by atoms with E-state index in [4.69, 9.17) is 4.74 Å². The van der Waals surface area contributed by atoms with Crippen molar-refractivity contribution in [2.24, 2.45) is 0 Å². The van der Waals surface area contributed by atoms with E-state index in [0.717, 1.165) is 0 Å². The van der Waals surface area contributed by atoms with E-state index < -0.39 is 18.2 Å². The fourth-order valence-corrected chi connectivity index (χ4v) is 1.79. The lowest BCUT2D eigenvalue weighted by Crippen LogP contribution is -2.35. The summed E-state index contributed by atoms with van der Waals surface area (Å²) in [6.45, 7) is 1.62. The molecule has 1 aromatic heterocycles. The lowest BCUT2D eigenvalue weighted by atomic mass is 10.2. The highest BCUT2D eigenvalue weighted by atomic mass is 19.4. The van der Waals surface area contributed by atoms with Gasteiger partial charge in [0.15, 0.2) is 0 Å². The molecule has 6 nitrogen and oxygen atoms in total. The Balaban J connectivity index is 2.19. The maximum atomic E-state index is 12.4. The Labute approximate surface area is 129 Å². The van der Waals surface area contributed by atoms with Crippen LogP contribution in [-0.4, -0.2) is 36.3 Å². The first-order valence-electron chi connectivity index (χ1n) is 6.55. The molecule has 23 heavy (non-hydrogen) atoms. The summed E-state index contributed by atoms with van der Waals surface area (Å²) in [6, 6.07) is 6.14. The summed E-state index contributed by atoms with van der Waals surface area (Å²) >= 11 is 0. The molecule has 1 heterocycles. The number of carbonyl (C=O) groups is 1. The van der Waals surface area contributed by atoms with Crippen LogP contribution in [0, 0.1) is 0 Å². The summed E-state index contributed by atoms with van der Waals surface area (Å²) in [6.07, 6.45) is -5.29. The van der Waals surface area contributed by atoms with Gasteiger partial charge in [-0.05, 0) is 31.2 Å². The number of carbonyl (C=O) groups excluding carboxylic acids is 1. The third-order valence-corrected chi connectivity index (χ3v) is 3.21. The predicted molar refractivity (Wildman–Crippen MR) is 74.6 cm³/mol. The van der Waals surface area contributed by atoms with Gasteiger partial charge in [-0.25, -0.2) is 0 Å². The fourth-order valence-electron chi connectivity index (χ4n) is 1.79. The van der Waals surface area contributed by atoms with Crippen LogP contribution in [-0.2, 0) is 15.7 Å². The zero-order chi connectivity index (χ0) is 17.2. The van der Waals surface area contributed by atoms with Crippen molar-refractivity contribution < 1.29 is 27.2 Å². The summed E-state index contributed by atoms with van der Waals surface area (Å²) < 4.78 is 46.4. The van der Waals surface area contributed by atoms with E-state index in [1.807, 2.05) is 0 Å². The van der Waals surface area contributed by atoms with Gasteiger partial charge in [0.2, 0.25) is 5.82 Å². The average molecular weight is 329 g/mol. The van der Waals surface area contributed by atoms with Gasteiger partial charge in [0.1, 0.15) is 6.10 Å². The maximum absolute atomic E-state index is 12.4. The zero-order valence-electron chi connectivity index (χ0n) is 12.6. The number of benzene rings is 1. The molecule has 124 valence electrons. The molecular formula is C14H14F3N3O3. The molecule has 9 heteroatoms. The Morgan fingerprint density at radius 3 is 2.39 bits per heavy atom. The Morgan fingerprint density at radius 2 is 1.91 bits per heavy atom. The van der Waals surface area contributed by atoms with Gasteiger partial charge in [0.25, 0.3) is 5.91 Å². The van der Waals surface area contributed by atoms with Gasteiger partial charge >= 0.3 is 12.1 Å². The lowest BCUT2D eigenvalue weighted by molar-refractivity contribution is -0.159. The Bertz CT molecular complexity index is 683. The van der Waals surface area contributed by atoms with Crippen molar-refractivity contribution in [3.8, 4) is 11.4 Å². The van der Waals surface area contributed by atoms with Gasteiger partial charge in [-0.2, -0.15) is 18.2 Å². The SMILES string of the molecule is COC(C)C(=O)N(C)c1ccc(-c2noc(C(F)(F)F)n2)cc1. The fraction of sp³-hybridized carbons (Fsp3) is 0.357. The van der Waals surface area contributed by atoms with Gasteiger partial charge in [0.05, 0.1) is 0 Å². The van der Waals surface area contributed by atoms with Gasteiger partial charge in [-0.1, -0.05) is 5.16 Å². The van der Waals surface area contributed by atoms with Crippen molar-refractivity contribution in [2.75, 3.05) is 19.1 Å². The molecule has 0 bridgehead atoms. The first kappa shape index (κ1) is 16.9. The number of halogens is 3. The molecule has 0 saturated carbocycles. The molecule has 2 aromatic rings. The first-order valence-corrected chi connectivity index (χ1v) is 6.55. The van der Waals surface area contributed by atoms with Gasteiger partial charge in [-0.3, -0.25) is 4.79 Å². The summed E-state index contributed by atoms with van der Waals surface area (Å²) in [7, 11) is 3.00. The molecule has 0 spiro atoms. The molecule has 1 amide bonds. The van der Waals surface area contributed by atoms with E-state index in [1.165, 1.54) is 24.1 Å². The van der Waals surface area contributed by atoms with E-state index in [1.54, 1.807) is 26.1 Å². The second-order valence-corrected chi connectivity index (χ2v) is 4.74. The second-order valence-electron chi connectivity index (χ2n) is 4.74. The van der Waals surface area contributed by atoms with Crippen LogP contribution in [0.1, 0.15) is 12.8 Å². The number of hydrogen-bond donors (Lipinski definition) is 0. The van der Waals surface area contributed by atoms with Crippen molar-refractivity contribution in [1.82, 2.24) is 10.1 Å². The summed E-state index contributed by atoms with van der Waals surface area (Å²) in [5.41, 5.74) is 0.899. The number of rotatable bonds is 4. The summed E-state index contributed by atoms with van der Waals surface area (Å²) in [4.78, 5) is 16.7. The quantitative estimate of drug-likeness (QED) is 0.863. The van der Waals surface area contributed by atoms with Crippen LogP contribution in [0.5, 0.6) is 0 Å². The number of hydrogen-bond acceptors (Lipinski definition) is 5. The molecule has 0 fully saturated rings. The van der Waals surface area contributed by atoms with E-state index >= 15 is 0 Å². The minimum absolute atomic E-state index is 0.178. The number of alkyl halides is 3. The molecule has 0 N–H and O–H groups in total. The molecule has 0 radical (unpaired) electrons. The lowest BCUT2D eigenvalue weighted by Gasteiger charge is -2.20. The van der Waals surface area contributed by atoms with Crippen LogP contribution < -0.4 is 4.90 Å². The van der Waals surface area contributed by atoms with Crippen LogP contribution in [0.4, 0.5) is 18.9 Å². The molecule has 1 unspecified atom stereocenters. The van der Waals surface area contributed by atoms with Crippen LogP contribution in [0.25, 0.3) is 11.4 Å². The van der Waals surface area contributed by atoms with Crippen molar-refractivity contribution in [1.29, 1.82) is 0 Å². The van der Waals surface area contributed by atoms with E-state index in [9.17, 15) is 18.0 Å². The van der Waals surface area contributed by atoms with Crippen molar-refractivity contribution in [3.63, 3.8) is 0 Å². The molecule has 1 atom stereocenters. The van der Waals surface area contributed by atoms with E-state index in [-0.39, 0.29) is 11.7 Å². The normalized spacial score (nSPS) is 13.0. The molecule has 0 aliphatic heterocycles. The molecule has 2 rings (SSSR count). The third kappa shape index (κ3) is 3.67. The standard InChI is InChI=1S/C14H14F3N3O3/c1-8(22-3)12(21)20(2)10-6-4-9(5-7-10)11-18-13(23-19-11)14(15,16)17/h4-8H,1-3H3. The van der Waals surface area contributed by atoms with Gasteiger partial charge < -0.3 is 14.2 Å². The highest BCUT2D eigenvalue weighted by molar-refractivity contribution is 5.95. The van der Waals surface area contributed by atoms with Crippen LogP contribution in [0.3, 0.4) is 0 Å². The number of likely N-dealkylation sites (N-methyl/N-ethyl adjacent to an activating group) is 1. The average Bonchev–Trinajstić information content (AvgIpc) is 3.03. The van der Waals surface area contributed by atoms with Crippen molar-refractivity contribution in [2.45, 2.75) is 19.2 Å². The Kier molecular flexibility index (Phi) is 4.69. The number of amides is 1. The van der Waals surface area contributed by atoms with Crippen LogP contribution in [0.2, 0.25) is 0 Å². The second kappa shape index (κ2) is 6.37. The van der Waals surface area contributed by atoms with Crippen LogP contribution in [0.15, 0.2) is 28.8 Å². The highest BCUT2D eigenvalue weighted by Gasteiger charge is 2.38. The minimum atomic E-state index is -4.69.